The number of hydrogen-bond donors (Lipinski definition) is 2. The lowest BCUT2D eigenvalue weighted by atomic mass is 10.1. The number of aromatic hydroxyl groups is 1. The van der Waals surface area contributed by atoms with Crippen LogP contribution >= 0.6 is 0 Å². The van der Waals surface area contributed by atoms with Crippen LogP contribution in [0.3, 0.4) is 0 Å². The summed E-state index contributed by atoms with van der Waals surface area (Å²) in [5.41, 5.74) is 0.990. The van der Waals surface area contributed by atoms with Crippen LogP contribution in [0.4, 0.5) is 0 Å². The average molecular weight is 318 g/mol. The van der Waals surface area contributed by atoms with Crippen LogP contribution in [0.2, 0.25) is 0 Å². The van der Waals surface area contributed by atoms with E-state index in [0.717, 1.165) is 51.1 Å². The van der Waals surface area contributed by atoms with Crippen molar-refractivity contribution < 1.29 is 15.0 Å². The molecule has 3 rings (SSSR count). The van der Waals surface area contributed by atoms with E-state index in [4.69, 9.17) is 0 Å². The number of hydrogen-bond acceptors (Lipinski definition) is 4. The summed E-state index contributed by atoms with van der Waals surface area (Å²) >= 11 is 0. The number of piperazine rings is 1. The molecule has 2 aliphatic rings. The van der Waals surface area contributed by atoms with E-state index in [9.17, 15) is 15.0 Å². The van der Waals surface area contributed by atoms with Crippen LogP contribution in [0, 0.1) is 5.92 Å². The van der Waals surface area contributed by atoms with Crippen LogP contribution in [0.5, 0.6) is 5.75 Å². The van der Waals surface area contributed by atoms with Gasteiger partial charge in [-0.25, -0.2) is 0 Å². The van der Waals surface area contributed by atoms with Gasteiger partial charge in [0, 0.05) is 39.1 Å². The molecule has 1 aromatic carbocycles. The van der Waals surface area contributed by atoms with Gasteiger partial charge in [-0.15, -0.1) is 0 Å². The minimum atomic E-state index is -0.192. The molecule has 0 bridgehead atoms. The molecule has 0 spiro atoms. The first-order valence-corrected chi connectivity index (χ1v) is 8.58. The van der Waals surface area contributed by atoms with Gasteiger partial charge in [0.05, 0.1) is 6.10 Å². The number of carbonyl (C=O) groups is 1. The summed E-state index contributed by atoms with van der Waals surface area (Å²) < 4.78 is 0. The molecule has 126 valence electrons. The second kappa shape index (κ2) is 7.32. The molecule has 23 heavy (non-hydrogen) atoms. The van der Waals surface area contributed by atoms with Gasteiger partial charge in [-0.2, -0.15) is 0 Å². The number of nitrogens with zero attached hydrogens (tertiary/aromatic N) is 2. The lowest BCUT2D eigenvalue weighted by Crippen LogP contribution is -2.50. The zero-order chi connectivity index (χ0) is 16.2. The van der Waals surface area contributed by atoms with Crippen molar-refractivity contribution in [2.24, 2.45) is 5.92 Å². The first-order chi connectivity index (χ1) is 11.1. The zero-order valence-electron chi connectivity index (χ0n) is 13.5. The van der Waals surface area contributed by atoms with E-state index >= 15 is 0 Å². The molecule has 2 fully saturated rings. The topological polar surface area (TPSA) is 64.0 Å². The highest BCUT2D eigenvalue weighted by molar-refractivity contribution is 5.76. The predicted molar refractivity (Wildman–Crippen MR) is 88.2 cm³/mol. The number of amides is 1. The van der Waals surface area contributed by atoms with Crippen LogP contribution in [0.15, 0.2) is 24.3 Å². The Morgan fingerprint density at radius 3 is 2.61 bits per heavy atom. The number of phenols is 1. The van der Waals surface area contributed by atoms with Crippen LogP contribution in [-0.4, -0.2) is 64.7 Å². The number of rotatable bonds is 6. The normalized spacial score (nSPS) is 20.5. The van der Waals surface area contributed by atoms with Crippen LogP contribution < -0.4 is 0 Å². The number of phenolic OH excluding ortho intramolecular Hbond substituents is 1. The summed E-state index contributed by atoms with van der Waals surface area (Å²) in [6.07, 6.45) is 3.27. The fraction of sp³-hybridized carbons (Fsp3) is 0.611. The number of benzene rings is 1. The van der Waals surface area contributed by atoms with Gasteiger partial charge in [-0.05, 0) is 42.9 Å². The maximum atomic E-state index is 12.3. The Balaban J connectivity index is 1.39. The Bertz CT molecular complexity index is 537. The molecule has 1 aliphatic carbocycles. The van der Waals surface area contributed by atoms with Crippen LogP contribution in [0.25, 0.3) is 0 Å². The highest BCUT2D eigenvalue weighted by Crippen LogP contribution is 2.32. The van der Waals surface area contributed by atoms with Crippen LogP contribution in [0.1, 0.15) is 24.8 Å². The number of carbonyl (C=O) groups excluding carboxylic acids is 1. The lowest BCUT2D eigenvalue weighted by molar-refractivity contribution is -0.133. The van der Waals surface area contributed by atoms with Crippen molar-refractivity contribution in [2.45, 2.75) is 31.8 Å². The Morgan fingerprint density at radius 1 is 1.22 bits per heavy atom. The fourth-order valence-corrected chi connectivity index (χ4v) is 3.20. The maximum absolute atomic E-state index is 12.3. The van der Waals surface area contributed by atoms with Crippen molar-refractivity contribution in [1.29, 1.82) is 0 Å². The van der Waals surface area contributed by atoms with Crippen molar-refractivity contribution in [3.63, 3.8) is 0 Å². The molecule has 1 aliphatic heterocycles. The molecule has 1 saturated heterocycles. The van der Waals surface area contributed by atoms with E-state index in [1.807, 2.05) is 11.0 Å². The SMILES string of the molecule is O=C(CCc1cccc(O)c1)N1CCN(CC(O)C2CC2)CC1. The van der Waals surface area contributed by atoms with Gasteiger partial charge in [-0.3, -0.25) is 9.69 Å². The number of β-amino-alcohol motifs (C(OH)–C–C–N with tert-alkyl or cyclic N) is 1. The third-order valence-corrected chi connectivity index (χ3v) is 4.87. The third kappa shape index (κ3) is 4.69. The van der Waals surface area contributed by atoms with Gasteiger partial charge in [0.2, 0.25) is 5.91 Å². The van der Waals surface area contributed by atoms with Crippen molar-refractivity contribution in [2.75, 3.05) is 32.7 Å². The number of aliphatic hydroxyl groups excluding tert-OH is 1. The number of aliphatic hydroxyl groups is 1. The molecule has 1 unspecified atom stereocenters. The van der Waals surface area contributed by atoms with Crippen molar-refractivity contribution in [1.82, 2.24) is 9.80 Å². The Morgan fingerprint density at radius 2 is 1.96 bits per heavy atom. The van der Waals surface area contributed by atoms with Gasteiger partial charge < -0.3 is 15.1 Å². The molecule has 1 saturated carbocycles. The van der Waals surface area contributed by atoms with Crippen LogP contribution in [-0.2, 0) is 11.2 Å². The monoisotopic (exact) mass is 318 g/mol. The second-order valence-electron chi connectivity index (χ2n) is 6.76. The molecule has 5 heteroatoms. The van der Waals surface area contributed by atoms with E-state index < -0.39 is 0 Å². The average Bonchev–Trinajstić information content (AvgIpc) is 3.38. The van der Waals surface area contributed by atoms with E-state index in [2.05, 4.69) is 4.90 Å². The van der Waals surface area contributed by atoms with E-state index in [0.29, 0.717) is 18.8 Å². The van der Waals surface area contributed by atoms with Crippen molar-refractivity contribution in [3.05, 3.63) is 29.8 Å². The fourth-order valence-electron chi connectivity index (χ4n) is 3.20. The summed E-state index contributed by atoms with van der Waals surface area (Å²) in [6.45, 7) is 3.94. The van der Waals surface area contributed by atoms with E-state index in [1.54, 1.807) is 18.2 Å². The Hall–Kier alpha value is -1.59. The largest absolute Gasteiger partial charge is 0.508 e. The minimum Gasteiger partial charge on any atom is -0.508 e. The quantitative estimate of drug-likeness (QED) is 0.828. The molecule has 2 N–H and O–H groups in total. The van der Waals surface area contributed by atoms with E-state index in [-0.39, 0.29) is 17.8 Å². The highest BCUT2D eigenvalue weighted by Gasteiger charge is 2.31. The lowest BCUT2D eigenvalue weighted by Gasteiger charge is -2.35. The molecule has 0 aromatic heterocycles. The molecular weight excluding hydrogens is 292 g/mol. The standard InChI is InChI=1S/C18H26N2O3/c21-16-3-1-2-14(12-16)4-7-18(23)20-10-8-19(9-11-20)13-17(22)15-5-6-15/h1-3,12,15,17,21-22H,4-11,13H2. The molecular formula is C18H26N2O3. The Labute approximate surface area is 137 Å². The Kier molecular flexibility index (Phi) is 5.18. The van der Waals surface area contributed by atoms with Crippen molar-refractivity contribution >= 4 is 5.91 Å². The van der Waals surface area contributed by atoms with Gasteiger partial charge in [0.1, 0.15) is 5.75 Å². The summed E-state index contributed by atoms with van der Waals surface area (Å²) in [7, 11) is 0. The molecule has 1 heterocycles. The molecule has 5 nitrogen and oxygen atoms in total. The first kappa shape index (κ1) is 16.3. The molecule has 1 aromatic rings. The van der Waals surface area contributed by atoms with Gasteiger partial charge >= 0.3 is 0 Å². The molecule has 1 atom stereocenters. The minimum absolute atomic E-state index is 0.177. The van der Waals surface area contributed by atoms with Gasteiger partial charge in [0.25, 0.3) is 0 Å². The smallest absolute Gasteiger partial charge is 0.222 e. The predicted octanol–water partition coefficient (Wildman–Crippen LogP) is 1.24. The molecule has 0 radical (unpaired) electrons. The summed E-state index contributed by atoms with van der Waals surface area (Å²) in [6, 6.07) is 7.09. The van der Waals surface area contributed by atoms with Gasteiger partial charge in [0.15, 0.2) is 0 Å². The maximum Gasteiger partial charge on any atom is 0.222 e. The second-order valence-corrected chi connectivity index (χ2v) is 6.76. The molecule has 1 amide bonds. The zero-order valence-corrected chi connectivity index (χ0v) is 13.5. The third-order valence-electron chi connectivity index (χ3n) is 4.87. The summed E-state index contributed by atoms with van der Waals surface area (Å²) in [5, 5.41) is 19.5. The first-order valence-electron chi connectivity index (χ1n) is 8.58. The number of aryl methyl sites for hydroxylation is 1. The summed E-state index contributed by atoms with van der Waals surface area (Å²) in [5.74, 6) is 0.936. The highest BCUT2D eigenvalue weighted by atomic mass is 16.3. The van der Waals surface area contributed by atoms with Crippen molar-refractivity contribution in [3.8, 4) is 5.75 Å². The summed E-state index contributed by atoms with van der Waals surface area (Å²) in [4.78, 5) is 16.5. The van der Waals surface area contributed by atoms with E-state index in [1.165, 1.54) is 0 Å². The van der Waals surface area contributed by atoms with Gasteiger partial charge in [-0.1, -0.05) is 12.1 Å².